The Balaban J connectivity index is 1.89. The minimum Gasteiger partial charge on any atom is -0.391 e. The molecule has 4 nitrogen and oxygen atoms in total. The van der Waals surface area contributed by atoms with Gasteiger partial charge in [0.2, 0.25) is 0 Å². The number of carbonyl (C=O) groups is 1. The maximum absolute atomic E-state index is 14.4. The van der Waals surface area contributed by atoms with Crippen LogP contribution in [0.25, 0.3) is 11.1 Å². The zero-order chi connectivity index (χ0) is 16.4. The molecule has 3 rings (SSSR count). The number of rotatable bonds is 2. The number of hydrogen-bond donors (Lipinski definition) is 1. The Labute approximate surface area is 133 Å². The lowest BCUT2D eigenvalue weighted by Gasteiger charge is -2.16. The van der Waals surface area contributed by atoms with Crippen LogP contribution in [0.1, 0.15) is 22.3 Å². The molecule has 1 N–H and O–H groups in total. The summed E-state index contributed by atoms with van der Waals surface area (Å²) in [4.78, 5) is 13.8. The van der Waals surface area contributed by atoms with Gasteiger partial charge in [0, 0.05) is 24.2 Å². The summed E-state index contributed by atoms with van der Waals surface area (Å²) in [6.07, 6.45) is 0.0459. The summed E-state index contributed by atoms with van der Waals surface area (Å²) in [5.74, 6) is -0.788. The van der Waals surface area contributed by atoms with E-state index in [-0.39, 0.29) is 18.0 Å². The SMILES string of the molecule is N#Cc1cccc(-c2ccc(C(=O)N3CCC(O)C3)cc2F)c1. The standard InChI is InChI=1S/C18H15FN2O2/c19-17-9-14(18(23)21-7-6-15(22)11-21)4-5-16(17)13-3-1-2-12(8-13)10-20/h1-5,8-9,15,22H,6-7,11H2. The molecule has 116 valence electrons. The molecule has 0 aromatic heterocycles. The van der Waals surface area contributed by atoms with Crippen molar-refractivity contribution in [3.8, 4) is 17.2 Å². The van der Waals surface area contributed by atoms with Gasteiger partial charge in [-0.1, -0.05) is 18.2 Å². The predicted molar refractivity (Wildman–Crippen MR) is 83.1 cm³/mol. The van der Waals surface area contributed by atoms with E-state index in [9.17, 15) is 14.3 Å². The van der Waals surface area contributed by atoms with E-state index in [4.69, 9.17) is 5.26 Å². The lowest BCUT2D eigenvalue weighted by Crippen LogP contribution is -2.29. The maximum Gasteiger partial charge on any atom is 0.254 e. The molecule has 0 spiro atoms. The Hall–Kier alpha value is -2.71. The van der Waals surface area contributed by atoms with Gasteiger partial charge in [0.25, 0.3) is 5.91 Å². The monoisotopic (exact) mass is 310 g/mol. The number of carbonyl (C=O) groups excluding carboxylic acids is 1. The molecule has 1 unspecified atom stereocenters. The van der Waals surface area contributed by atoms with Crippen molar-refractivity contribution >= 4 is 5.91 Å². The zero-order valence-corrected chi connectivity index (χ0v) is 12.4. The number of aliphatic hydroxyl groups is 1. The number of halogens is 1. The number of nitriles is 1. The Kier molecular flexibility index (Phi) is 4.09. The van der Waals surface area contributed by atoms with Crippen molar-refractivity contribution in [1.29, 1.82) is 5.26 Å². The first kappa shape index (κ1) is 15.2. The van der Waals surface area contributed by atoms with Gasteiger partial charge in [-0.05, 0) is 36.2 Å². The largest absolute Gasteiger partial charge is 0.391 e. The van der Waals surface area contributed by atoms with Crippen LogP contribution in [0.2, 0.25) is 0 Å². The Bertz CT molecular complexity index is 798. The van der Waals surface area contributed by atoms with Crippen molar-refractivity contribution in [2.75, 3.05) is 13.1 Å². The smallest absolute Gasteiger partial charge is 0.254 e. The van der Waals surface area contributed by atoms with Crippen LogP contribution in [0.15, 0.2) is 42.5 Å². The molecular formula is C18H15FN2O2. The molecule has 23 heavy (non-hydrogen) atoms. The number of benzene rings is 2. The zero-order valence-electron chi connectivity index (χ0n) is 12.4. The first-order chi connectivity index (χ1) is 11.1. The number of nitrogens with zero attached hydrogens (tertiary/aromatic N) is 2. The van der Waals surface area contributed by atoms with Crippen LogP contribution in [-0.2, 0) is 0 Å². The van der Waals surface area contributed by atoms with Crippen molar-refractivity contribution in [3.05, 3.63) is 59.4 Å². The second-order valence-corrected chi connectivity index (χ2v) is 5.58. The van der Waals surface area contributed by atoms with Gasteiger partial charge in [-0.2, -0.15) is 5.26 Å². The number of likely N-dealkylation sites (tertiary alicyclic amines) is 1. The van der Waals surface area contributed by atoms with Gasteiger partial charge in [0.15, 0.2) is 0 Å². The van der Waals surface area contributed by atoms with E-state index in [0.29, 0.717) is 29.7 Å². The molecule has 0 saturated carbocycles. The third kappa shape index (κ3) is 3.08. The molecule has 2 aromatic rings. The molecule has 1 saturated heterocycles. The number of amides is 1. The molecular weight excluding hydrogens is 295 g/mol. The van der Waals surface area contributed by atoms with E-state index in [1.54, 1.807) is 36.4 Å². The summed E-state index contributed by atoms with van der Waals surface area (Å²) in [5, 5.41) is 18.4. The fourth-order valence-electron chi connectivity index (χ4n) is 2.75. The third-order valence-electron chi connectivity index (χ3n) is 3.97. The van der Waals surface area contributed by atoms with E-state index in [2.05, 4.69) is 0 Å². The number of β-amino-alcohol motifs (C(OH)–C–C–N with tert-alkyl or cyclic N) is 1. The van der Waals surface area contributed by atoms with Gasteiger partial charge in [-0.15, -0.1) is 0 Å². The van der Waals surface area contributed by atoms with Crippen molar-refractivity contribution in [2.45, 2.75) is 12.5 Å². The van der Waals surface area contributed by atoms with Crippen molar-refractivity contribution in [3.63, 3.8) is 0 Å². The van der Waals surface area contributed by atoms with Crippen LogP contribution in [-0.4, -0.2) is 35.1 Å². The molecule has 5 heteroatoms. The van der Waals surface area contributed by atoms with Gasteiger partial charge in [0.1, 0.15) is 5.82 Å². The number of aliphatic hydroxyl groups excluding tert-OH is 1. The van der Waals surface area contributed by atoms with Crippen LogP contribution >= 0.6 is 0 Å². The average molecular weight is 310 g/mol. The van der Waals surface area contributed by atoms with Crippen molar-refractivity contribution in [1.82, 2.24) is 4.90 Å². The molecule has 1 atom stereocenters. The highest BCUT2D eigenvalue weighted by Crippen LogP contribution is 2.25. The summed E-state index contributed by atoms with van der Waals surface area (Å²) < 4.78 is 14.4. The first-order valence-corrected chi connectivity index (χ1v) is 7.36. The van der Waals surface area contributed by atoms with E-state index < -0.39 is 11.9 Å². The Morgan fingerprint density at radius 1 is 1.30 bits per heavy atom. The van der Waals surface area contributed by atoms with Gasteiger partial charge in [0.05, 0.1) is 17.7 Å². The van der Waals surface area contributed by atoms with Crippen molar-refractivity contribution < 1.29 is 14.3 Å². The van der Waals surface area contributed by atoms with Gasteiger partial charge in [-0.25, -0.2) is 4.39 Å². The highest BCUT2D eigenvalue weighted by Gasteiger charge is 2.25. The second kappa shape index (κ2) is 6.19. The van der Waals surface area contributed by atoms with Crippen LogP contribution in [0, 0.1) is 17.1 Å². The average Bonchev–Trinajstić information content (AvgIpc) is 3.00. The van der Waals surface area contributed by atoms with Gasteiger partial charge in [-0.3, -0.25) is 4.79 Å². The second-order valence-electron chi connectivity index (χ2n) is 5.58. The topological polar surface area (TPSA) is 64.3 Å². The highest BCUT2D eigenvalue weighted by atomic mass is 19.1. The fraction of sp³-hybridized carbons (Fsp3) is 0.222. The van der Waals surface area contributed by atoms with Gasteiger partial charge < -0.3 is 10.0 Å². The molecule has 0 bridgehead atoms. The molecule has 1 heterocycles. The van der Waals surface area contributed by atoms with Crippen molar-refractivity contribution in [2.24, 2.45) is 0 Å². The van der Waals surface area contributed by atoms with E-state index in [0.717, 1.165) is 0 Å². The molecule has 1 aliphatic heterocycles. The highest BCUT2D eigenvalue weighted by molar-refractivity contribution is 5.95. The summed E-state index contributed by atoms with van der Waals surface area (Å²) in [6.45, 7) is 0.764. The molecule has 1 fully saturated rings. The Morgan fingerprint density at radius 3 is 2.78 bits per heavy atom. The molecule has 0 radical (unpaired) electrons. The third-order valence-corrected chi connectivity index (χ3v) is 3.97. The minimum atomic E-state index is -0.509. The molecule has 1 aliphatic rings. The fourth-order valence-corrected chi connectivity index (χ4v) is 2.75. The predicted octanol–water partition coefficient (Wildman–Crippen LogP) is 2.57. The van der Waals surface area contributed by atoms with Crippen LogP contribution in [0.4, 0.5) is 4.39 Å². The molecule has 2 aromatic carbocycles. The summed E-state index contributed by atoms with van der Waals surface area (Å²) in [5.41, 5.74) is 1.65. The summed E-state index contributed by atoms with van der Waals surface area (Å²) in [7, 11) is 0. The summed E-state index contributed by atoms with van der Waals surface area (Å²) >= 11 is 0. The quantitative estimate of drug-likeness (QED) is 0.927. The van der Waals surface area contributed by atoms with Gasteiger partial charge >= 0.3 is 0 Å². The summed E-state index contributed by atoms with van der Waals surface area (Å²) in [6, 6.07) is 13.0. The van der Waals surface area contributed by atoms with Crippen LogP contribution in [0.3, 0.4) is 0 Å². The van der Waals surface area contributed by atoms with E-state index in [1.165, 1.54) is 11.0 Å². The Morgan fingerprint density at radius 2 is 2.13 bits per heavy atom. The first-order valence-electron chi connectivity index (χ1n) is 7.36. The van der Waals surface area contributed by atoms with E-state index in [1.807, 2.05) is 6.07 Å². The lowest BCUT2D eigenvalue weighted by atomic mass is 10.0. The lowest BCUT2D eigenvalue weighted by molar-refractivity contribution is 0.0764. The van der Waals surface area contributed by atoms with Crippen LogP contribution < -0.4 is 0 Å². The normalized spacial score (nSPS) is 17.1. The minimum absolute atomic E-state index is 0.261. The number of hydrogen-bond acceptors (Lipinski definition) is 3. The molecule has 0 aliphatic carbocycles. The van der Waals surface area contributed by atoms with E-state index >= 15 is 0 Å². The maximum atomic E-state index is 14.4. The van der Waals surface area contributed by atoms with Crippen LogP contribution in [0.5, 0.6) is 0 Å². The molecule has 1 amide bonds.